The van der Waals surface area contributed by atoms with Gasteiger partial charge in [-0.3, -0.25) is 9.36 Å². The van der Waals surface area contributed by atoms with Crippen LogP contribution in [0.1, 0.15) is 28.4 Å². The van der Waals surface area contributed by atoms with E-state index in [0.29, 0.717) is 6.61 Å². The molecule has 0 bridgehead atoms. The van der Waals surface area contributed by atoms with Gasteiger partial charge in [-0.25, -0.2) is 9.18 Å². The predicted molar refractivity (Wildman–Crippen MR) is 106 cm³/mol. The quantitative estimate of drug-likeness (QED) is 0.548. The number of halogens is 1. The number of carbonyl (C=O) groups is 1. The number of pyridine rings is 1. The first-order valence-corrected chi connectivity index (χ1v) is 9.39. The van der Waals surface area contributed by atoms with E-state index < -0.39 is 11.8 Å². The molecule has 6 nitrogen and oxygen atoms in total. The molecule has 1 heterocycles. The lowest BCUT2D eigenvalue weighted by molar-refractivity contribution is 0.0697. The number of thioether (sulfide) groups is 1. The maximum Gasteiger partial charge on any atom is 0.340 e. The second-order valence-electron chi connectivity index (χ2n) is 5.66. The van der Waals surface area contributed by atoms with Gasteiger partial charge < -0.3 is 15.2 Å². The first-order chi connectivity index (χ1) is 12.8. The highest BCUT2D eigenvalue weighted by Crippen LogP contribution is 2.28. The third kappa shape index (κ3) is 4.33. The molecule has 2 rings (SSSR count). The summed E-state index contributed by atoms with van der Waals surface area (Å²) in [5, 5.41) is 12.5. The number of hydrogen-bond acceptors (Lipinski definition) is 5. The van der Waals surface area contributed by atoms with Crippen molar-refractivity contribution >= 4 is 35.3 Å². The van der Waals surface area contributed by atoms with Crippen molar-refractivity contribution in [3.63, 3.8) is 0 Å². The lowest BCUT2D eigenvalue weighted by Crippen LogP contribution is -2.26. The number of carboxylic acids is 1. The highest BCUT2D eigenvalue weighted by molar-refractivity contribution is 7.98. The van der Waals surface area contributed by atoms with E-state index >= 15 is 0 Å². The van der Waals surface area contributed by atoms with Gasteiger partial charge in [-0.1, -0.05) is 0 Å². The van der Waals surface area contributed by atoms with Gasteiger partial charge in [0.1, 0.15) is 17.2 Å². The smallest absolute Gasteiger partial charge is 0.340 e. The highest BCUT2D eigenvalue weighted by Gasteiger charge is 2.22. The Hall–Kier alpha value is -2.74. The van der Waals surface area contributed by atoms with Gasteiger partial charge in [0.05, 0.1) is 18.6 Å². The number of hydrogen-bond donors (Lipinski definition) is 2. The largest absolute Gasteiger partial charge is 0.501 e. The number of nitrogens with zero attached hydrogens (tertiary/aromatic N) is 1. The molecule has 0 atom stereocenters. The standard InChI is InChI=1S/C19H21FN2O4S/c1-5-26-9-8-13-11(2)18(23)22(3)17(16(13)19(24)25)21-15-7-6-12(27-4)10-14(15)20/h6-10,21H,5H2,1-4H3,(H,24,25)/b9-8-. The maximum atomic E-state index is 14.4. The second-order valence-corrected chi connectivity index (χ2v) is 6.54. The first-order valence-electron chi connectivity index (χ1n) is 8.17. The van der Waals surface area contributed by atoms with Gasteiger partial charge in [0.15, 0.2) is 0 Å². The van der Waals surface area contributed by atoms with Gasteiger partial charge in [-0.2, -0.15) is 0 Å². The number of nitrogens with one attached hydrogen (secondary N) is 1. The van der Waals surface area contributed by atoms with Crippen molar-refractivity contribution < 1.29 is 19.0 Å². The van der Waals surface area contributed by atoms with Crippen LogP contribution in [0.25, 0.3) is 6.08 Å². The van der Waals surface area contributed by atoms with E-state index in [4.69, 9.17) is 4.74 Å². The first kappa shape index (κ1) is 20.6. The fourth-order valence-electron chi connectivity index (χ4n) is 2.59. The maximum absolute atomic E-state index is 14.4. The Bertz CT molecular complexity index is 954. The van der Waals surface area contributed by atoms with Crippen molar-refractivity contribution in [2.45, 2.75) is 18.7 Å². The molecule has 8 heteroatoms. The molecule has 0 aliphatic carbocycles. The summed E-state index contributed by atoms with van der Waals surface area (Å²) in [4.78, 5) is 25.2. The second kappa shape index (κ2) is 8.77. The Kier molecular flexibility index (Phi) is 6.68. The summed E-state index contributed by atoms with van der Waals surface area (Å²) in [7, 11) is 1.44. The molecule has 0 saturated heterocycles. The Balaban J connectivity index is 2.68. The summed E-state index contributed by atoms with van der Waals surface area (Å²) < 4.78 is 20.7. The van der Waals surface area contributed by atoms with E-state index in [-0.39, 0.29) is 33.8 Å². The molecule has 2 aromatic rings. The number of benzene rings is 1. The molecule has 0 radical (unpaired) electrons. The van der Waals surface area contributed by atoms with E-state index in [1.807, 2.05) is 6.26 Å². The number of aromatic carboxylic acids is 1. The summed E-state index contributed by atoms with van der Waals surface area (Å²) in [6.45, 7) is 3.73. The average molecular weight is 392 g/mol. The zero-order valence-electron chi connectivity index (χ0n) is 15.5. The third-order valence-corrected chi connectivity index (χ3v) is 4.74. The molecule has 0 aliphatic rings. The molecule has 27 heavy (non-hydrogen) atoms. The van der Waals surface area contributed by atoms with E-state index in [2.05, 4.69) is 5.32 Å². The fraction of sp³-hybridized carbons (Fsp3) is 0.263. The molecule has 0 spiro atoms. The molecular formula is C19H21FN2O4S. The minimum Gasteiger partial charge on any atom is -0.501 e. The van der Waals surface area contributed by atoms with Crippen LogP contribution in [0.3, 0.4) is 0 Å². The molecule has 0 amide bonds. The zero-order chi connectivity index (χ0) is 20.1. The van der Waals surface area contributed by atoms with Crippen LogP contribution in [0, 0.1) is 12.7 Å². The van der Waals surface area contributed by atoms with E-state index in [9.17, 15) is 19.1 Å². The van der Waals surface area contributed by atoms with Gasteiger partial charge in [0.25, 0.3) is 5.56 Å². The summed E-state index contributed by atoms with van der Waals surface area (Å²) in [6.07, 6.45) is 4.60. The Morgan fingerprint density at radius 1 is 1.44 bits per heavy atom. The normalized spacial score (nSPS) is 11.0. The molecule has 0 aliphatic heterocycles. The van der Waals surface area contributed by atoms with E-state index in [0.717, 1.165) is 4.90 Å². The number of carboxylic acid groups (broad SMARTS) is 1. The van der Waals surface area contributed by atoms with Crippen LogP contribution in [0.15, 0.2) is 34.2 Å². The summed E-state index contributed by atoms with van der Waals surface area (Å²) in [5.41, 5.74) is 0.0184. The van der Waals surface area contributed by atoms with Crippen molar-refractivity contribution in [3.8, 4) is 0 Å². The average Bonchev–Trinajstić information content (AvgIpc) is 2.64. The summed E-state index contributed by atoms with van der Waals surface area (Å²) in [5.74, 6) is -1.80. The zero-order valence-corrected chi connectivity index (χ0v) is 16.3. The molecular weight excluding hydrogens is 371 g/mol. The minimum absolute atomic E-state index is 0.00921. The monoisotopic (exact) mass is 392 g/mol. The third-order valence-electron chi connectivity index (χ3n) is 4.01. The molecule has 1 aromatic heterocycles. The SMILES string of the molecule is CCO/C=C\c1c(C(=O)O)c(Nc2ccc(SC)cc2F)n(C)c(=O)c1C. The lowest BCUT2D eigenvalue weighted by Gasteiger charge is -2.18. The van der Waals surface area contributed by atoms with Gasteiger partial charge in [-0.15, -0.1) is 11.8 Å². The minimum atomic E-state index is -1.24. The summed E-state index contributed by atoms with van der Waals surface area (Å²) in [6, 6.07) is 4.56. The lowest BCUT2D eigenvalue weighted by atomic mass is 10.0. The predicted octanol–water partition coefficient (Wildman–Crippen LogP) is 4.00. The van der Waals surface area contributed by atoms with E-state index in [1.54, 1.807) is 13.0 Å². The van der Waals surface area contributed by atoms with Crippen molar-refractivity contribution in [3.05, 3.63) is 57.3 Å². The molecule has 1 aromatic carbocycles. The molecule has 0 fully saturated rings. The van der Waals surface area contributed by atoms with Gasteiger partial charge in [0, 0.05) is 23.1 Å². The molecule has 144 valence electrons. The van der Waals surface area contributed by atoms with Gasteiger partial charge >= 0.3 is 5.97 Å². The number of aromatic nitrogens is 1. The van der Waals surface area contributed by atoms with Crippen LogP contribution in [0.2, 0.25) is 0 Å². The van der Waals surface area contributed by atoms with Crippen LogP contribution >= 0.6 is 11.8 Å². The van der Waals surface area contributed by atoms with Gasteiger partial charge in [0.2, 0.25) is 0 Å². The van der Waals surface area contributed by atoms with Crippen molar-refractivity contribution in [1.82, 2.24) is 4.57 Å². The molecule has 0 unspecified atom stereocenters. The van der Waals surface area contributed by atoms with Crippen molar-refractivity contribution in [2.75, 3.05) is 18.2 Å². The Labute approximate surface area is 160 Å². The molecule has 2 N–H and O–H groups in total. The van der Waals surface area contributed by atoms with Crippen LogP contribution in [-0.4, -0.2) is 28.5 Å². The summed E-state index contributed by atoms with van der Waals surface area (Å²) >= 11 is 1.39. The highest BCUT2D eigenvalue weighted by atomic mass is 32.2. The Morgan fingerprint density at radius 3 is 2.70 bits per heavy atom. The number of rotatable bonds is 7. The molecule has 0 saturated carbocycles. The number of anilines is 2. The fourth-order valence-corrected chi connectivity index (χ4v) is 3.01. The van der Waals surface area contributed by atoms with Crippen LogP contribution < -0.4 is 10.9 Å². The van der Waals surface area contributed by atoms with Crippen LogP contribution in [0.4, 0.5) is 15.9 Å². The Morgan fingerprint density at radius 2 is 2.15 bits per heavy atom. The van der Waals surface area contributed by atoms with Crippen LogP contribution in [0.5, 0.6) is 0 Å². The van der Waals surface area contributed by atoms with Gasteiger partial charge in [-0.05, 0) is 44.4 Å². The van der Waals surface area contributed by atoms with Crippen molar-refractivity contribution in [2.24, 2.45) is 7.05 Å². The van der Waals surface area contributed by atoms with Crippen LogP contribution in [-0.2, 0) is 11.8 Å². The van der Waals surface area contributed by atoms with E-state index in [1.165, 1.54) is 54.8 Å². The topological polar surface area (TPSA) is 80.6 Å². The van der Waals surface area contributed by atoms with Crippen molar-refractivity contribution in [1.29, 1.82) is 0 Å². The number of ether oxygens (including phenoxy) is 1.